The van der Waals surface area contributed by atoms with Crippen LogP contribution in [0.15, 0.2) is 0 Å². The minimum absolute atomic E-state index is 0.267. The summed E-state index contributed by atoms with van der Waals surface area (Å²) in [6.45, 7) is 2.11. The third-order valence-electron chi connectivity index (χ3n) is 0.296. The molecule has 1 nitrogen and oxygen atoms in total. The lowest BCUT2D eigenvalue weighted by atomic mass is 10.1. The zero-order valence-electron chi connectivity index (χ0n) is 3.02. The Hall–Kier alpha value is 0.455. The maximum atomic E-state index is 8.02. The molecule has 0 aromatic heterocycles. The first kappa shape index (κ1) is 5.45. The molecule has 29 valence electrons. The van der Waals surface area contributed by atoms with Crippen molar-refractivity contribution in [3.05, 3.63) is 0 Å². The summed E-state index contributed by atoms with van der Waals surface area (Å²) in [7, 11) is 2.41. The molecule has 1 N–H and O–H groups in total. The lowest BCUT2D eigenvalue weighted by Gasteiger charge is -1.77. The molecular weight excluding hydrogens is 81.8 g/mol. The molecule has 0 aromatic carbocycles. The van der Waals surface area contributed by atoms with Crippen LogP contribution in [0.3, 0.4) is 0 Å². The zero-order valence-corrected chi connectivity index (χ0v) is 4.17. The summed E-state index contributed by atoms with van der Waals surface area (Å²) in [6.07, 6.45) is 0.782. The maximum Gasteiger partial charge on any atom is 0.140 e. The van der Waals surface area contributed by atoms with Crippen molar-refractivity contribution in [2.75, 3.05) is 6.61 Å². The Balaban J connectivity index is 2.19. The van der Waals surface area contributed by atoms with Crippen molar-refractivity contribution < 1.29 is 5.11 Å². The van der Waals surface area contributed by atoms with E-state index in [2.05, 4.69) is 9.12 Å². The van der Waals surface area contributed by atoms with Gasteiger partial charge in [-0.2, -0.15) is 9.12 Å². The van der Waals surface area contributed by atoms with E-state index in [0.29, 0.717) is 0 Å². The van der Waals surface area contributed by atoms with Crippen LogP contribution in [-0.4, -0.2) is 18.7 Å². The van der Waals surface area contributed by atoms with E-state index < -0.39 is 0 Å². The van der Waals surface area contributed by atoms with Crippen LogP contribution in [0, 0.1) is 0 Å². The van der Waals surface area contributed by atoms with Crippen molar-refractivity contribution in [3.63, 3.8) is 0 Å². The predicted octanol–water partition coefficient (Wildman–Crippen LogP) is -0.109. The fourth-order valence-electron chi connectivity index (χ4n) is 0.0745. The van der Waals surface area contributed by atoms with Crippen LogP contribution in [0.2, 0.25) is 6.32 Å². The molecule has 1 unspecified atom stereocenters. The molecule has 1 atom stereocenters. The molecule has 5 heavy (non-hydrogen) atoms. The van der Waals surface area contributed by atoms with Gasteiger partial charge in [0, 0.05) is 6.61 Å². The SMILES string of the molecule is OCC[B]P. The largest absolute Gasteiger partial charge is 0.397 e. The van der Waals surface area contributed by atoms with Gasteiger partial charge in [-0.1, -0.05) is 6.32 Å². The lowest BCUT2D eigenvalue weighted by molar-refractivity contribution is 0.318. The molecule has 0 aliphatic carbocycles. The van der Waals surface area contributed by atoms with Crippen molar-refractivity contribution in [1.82, 2.24) is 0 Å². The van der Waals surface area contributed by atoms with Gasteiger partial charge in [0.15, 0.2) is 0 Å². The summed E-state index contributed by atoms with van der Waals surface area (Å²) in [5.74, 6) is 0. The summed E-state index contributed by atoms with van der Waals surface area (Å²) in [6, 6.07) is 0. The average molecular weight is 88.9 g/mol. The van der Waals surface area contributed by atoms with E-state index in [1.165, 1.54) is 0 Å². The van der Waals surface area contributed by atoms with Gasteiger partial charge < -0.3 is 5.11 Å². The minimum Gasteiger partial charge on any atom is -0.397 e. The second-order valence-corrected chi connectivity index (χ2v) is 1.22. The second kappa shape index (κ2) is 4.45. The zero-order chi connectivity index (χ0) is 4.12. The van der Waals surface area contributed by atoms with Crippen molar-refractivity contribution in [1.29, 1.82) is 0 Å². The number of aliphatic hydroxyl groups excluding tert-OH is 1. The van der Waals surface area contributed by atoms with Crippen LogP contribution < -0.4 is 0 Å². The Kier molecular flexibility index (Phi) is 4.86. The summed E-state index contributed by atoms with van der Waals surface area (Å²) < 4.78 is 0. The Morgan fingerprint density at radius 2 is 2.40 bits per heavy atom. The minimum atomic E-state index is 0.267. The standard InChI is InChI=1S/C2H7BOP/c4-2-1-3-5/h4H,1-2,5H2. The highest BCUT2D eigenvalue weighted by Crippen LogP contribution is 1.79. The Morgan fingerprint density at radius 3 is 2.40 bits per heavy atom. The van der Waals surface area contributed by atoms with Gasteiger partial charge in [-0.25, -0.2) is 0 Å². The Labute approximate surface area is 35.2 Å². The van der Waals surface area contributed by atoms with E-state index in [1.807, 2.05) is 7.00 Å². The molecule has 0 saturated carbocycles. The van der Waals surface area contributed by atoms with Crippen molar-refractivity contribution in [2.24, 2.45) is 0 Å². The molecule has 0 aromatic rings. The third-order valence-corrected chi connectivity index (χ3v) is 0.629. The van der Waals surface area contributed by atoms with Gasteiger partial charge >= 0.3 is 0 Å². The number of hydrogen-bond donors (Lipinski definition) is 1. The van der Waals surface area contributed by atoms with E-state index in [9.17, 15) is 0 Å². The van der Waals surface area contributed by atoms with E-state index in [4.69, 9.17) is 5.11 Å². The second-order valence-electron chi connectivity index (χ2n) is 0.748. The summed E-state index contributed by atoms with van der Waals surface area (Å²) in [5.41, 5.74) is 0. The third kappa shape index (κ3) is 4.45. The van der Waals surface area contributed by atoms with Crippen LogP contribution in [-0.2, 0) is 0 Å². The predicted molar refractivity (Wildman–Crippen MR) is 27.4 cm³/mol. The van der Waals surface area contributed by atoms with Crippen molar-refractivity contribution in [2.45, 2.75) is 6.32 Å². The van der Waals surface area contributed by atoms with E-state index >= 15 is 0 Å². The molecule has 1 radical (unpaired) electrons. The van der Waals surface area contributed by atoms with E-state index in [0.717, 1.165) is 6.32 Å². The lowest BCUT2D eigenvalue weighted by Crippen LogP contribution is -1.80. The molecule has 3 heteroatoms. The molecule has 0 fully saturated rings. The van der Waals surface area contributed by atoms with Gasteiger partial charge in [-0.3, -0.25) is 0 Å². The van der Waals surface area contributed by atoms with E-state index in [-0.39, 0.29) is 6.61 Å². The quantitative estimate of drug-likeness (QED) is 0.369. The molecule has 0 heterocycles. The summed E-state index contributed by atoms with van der Waals surface area (Å²) in [5, 5.41) is 8.02. The molecule has 0 amide bonds. The first-order chi connectivity index (χ1) is 2.41. The van der Waals surface area contributed by atoms with E-state index in [1.54, 1.807) is 0 Å². The van der Waals surface area contributed by atoms with Gasteiger partial charge in [0.2, 0.25) is 0 Å². The highest BCUT2D eigenvalue weighted by molar-refractivity contribution is 7.55. The number of hydrogen-bond acceptors (Lipinski definition) is 1. The van der Waals surface area contributed by atoms with Crippen LogP contribution in [0.1, 0.15) is 0 Å². The highest BCUT2D eigenvalue weighted by atomic mass is 31.0. The summed E-state index contributed by atoms with van der Waals surface area (Å²) >= 11 is 0. The van der Waals surface area contributed by atoms with Gasteiger partial charge in [0.1, 0.15) is 7.00 Å². The van der Waals surface area contributed by atoms with Gasteiger partial charge in [0.25, 0.3) is 0 Å². The normalized spacial score (nSPS) is 7.60. The molecule has 0 spiro atoms. The van der Waals surface area contributed by atoms with Crippen LogP contribution in [0.5, 0.6) is 0 Å². The molecule has 0 aliphatic rings. The molecule has 0 saturated heterocycles. The molecule has 0 rings (SSSR count). The van der Waals surface area contributed by atoms with Crippen LogP contribution in [0.25, 0.3) is 0 Å². The molecule has 0 bridgehead atoms. The fourth-order valence-corrected chi connectivity index (χ4v) is 0.224. The van der Waals surface area contributed by atoms with Gasteiger partial charge in [-0.05, 0) is 0 Å². The number of aliphatic hydroxyl groups is 1. The maximum absolute atomic E-state index is 8.02. The Bertz CT molecular complexity index is 17.1. The van der Waals surface area contributed by atoms with Crippen LogP contribution in [0.4, 0.5) is 0 Å². The first-order valence-corrected chi connectivity index (χ1v) is 2.22. The van der Waals surface area contributed by atoms with Crippen LogP contribution >= 0.6 is 9.12 Å². The number of rotatable bonds is 2. The molecule has 0 aliphatic heterocycles. The molecular formula is C2H7BOP. The summed E-state index contributed by atoms with van der Waals surface area (Å²) in [4.78, 5) is 0. The van der Waals surface area contributed by atoms with Gasteiger partial charge in [-0.15, -0.1) is 0 Å². The van der Waals surface area contributed by atoms with Crippen molar-refractivity contribution >= 4 is 16.1 Å². The highest BCUT2D eigenvalue weighted by Gasteiger charge is 1.72. The Morgan fingerprint density at radius 1 is 1.80 bits per heavy atom. The topological polar surface area (TPSA) is 20.2 Å². The monoisotopic (exact) mass is 89.0 g/mol. The first-order valence-electron chi connectivity index (χ1n) is 1.56. The smallest absolute Gasteiger partial charge is 0.140 e. The van der Waals surface area contributed by atoms with Gasteiger partial charge in [0.05, 0.1) is 0 Å². The van der Waals surface area contributed by atoms with Crippen molar-refractivity contribution in [3.8, 4) is 0 Å². The average Bonchev–Trinajstić information content (AvgIpc) is 1.41. The fraction of sp³-hybridized carbons (Fsp3) is 1.00.